The van der Waals surface area contributed by atoms with Crippen molar-refractivity contribution in [3.63, 3.8) is 0 Å². The molecule has 3 aliphatic rings. The van der Waals surface area contributed by atoms with E-state index < -0.39 is 0 Å². The van der Waals surface area contributed by atoms with Crippen LogP contribution >= 0.6 is 23.1 Å². The molecule has 46 heavy (non-hydrogen) atoms. The summed E-state index contributed by atoms with van der Waals surface area (Å²) in [5.41, 5.74) is 6.57. The molecule has 2 unspecified atom stereocenters. The first kappa shape index (κ1) is 26.6. The monoisotopic (exact) mass is 625 g/mol. The van der Waals surface area contributed by atoms with Gasteiger partial charge >= 0.3 is 0 Å². The Balaban J connectivity index is 1.15. The summed E-state index contributed by atoms with van der Waals surface area (Å²) in [6.07, 6.45) is 13.7. The number of allylic oxidation sites excluding steroid dienone is 5. The number of hydrogen-bond donors (Lipinski definition) is 0. The first-order valence-electron chi connectivity index (χ1n) is 16.2. The number of fused-ring (bicyclic) bond motifs is 11. The molecular weight excluding hydrogens is 595 g/mol. The number of benzene rings is 6. The van der Waals surface area contributed by atoms with Gasteiger partial charge in [0.05, 0.1) is 0 Å². The lowest BCUT2D eigenvalue weighted by Gasteiger charge is -2.27. The Labute approximate surface area is 277 Å². The lowest BCUT2D eigenvalue weighted by Crippen LogP contribution is -2.10. The minimum Gasteiger partial charge on any atom is -0.310 e. The zero-order valence-electron chi connectivity index (χ0n) is 25.5. The van der Waals surface area contributed by atoms with Gasteiger partial charge in [0, 0.05) is 37.5 Å². The standard InChI is InChI=1S/C43H31NS2/c1-26-10-21-41-39(22-26)38-20-15-31(25-43(38)46-41)44(30-14-19-37-36-8-4-5-9-40(36)45-42(37)24-30)29-13-18-33-28(23-29)12-17-34-32-7-3-2-6-27(32)11-16-35(33)34/h2-7,9-21,23-26,36H,8,22H2,1H3. The van der Waals surface area contributed by atoms with E-state index in [1.54, 1.807) is 0 Å². The molecule has 2 aliphatic carbocycles. The molecule has 6 aromatic carbocycles. The molecule has 2 atom stereocenters. The molecule has 0 N–H and O–H groups in total. The fraction of sp³-hybridized carbons (Fsp3) is 0.116. The van der Waals surface area contributed by atoms with Crippen molar-refractivity contribution in [1.29, 1.82) is 0 Å². The van der Waals surface area contributed by atoms with Crippen molar-refractivity contribution in [3.05, 3.63) is 148 Å². The maximum atomic E-state index is 2.47. The molecule has 3 heteroatoms. The van der Waals surface area contributed by atoms with E-state index in [-0.39, 0.29) is 0 Å². The molecule has 10 rings (SSSR count). The molecule has 0 spiro atoms. The normalized spacial score (nSPS) is 18.2. The van der Waals surface area contributed by atoms with E-state index in [4.69, 9.17) is 0 Å². The van der Waals surface area contributed by atoms with E-state index in [1.807, 2.05) is 23.1 Å². The quantitative estimate of drug-likeness (QED) is 0.180. The predicted molar refractivity (Wildman–Crippen MR) is 201 cm³/mol. The summed E-state index contributed by atoms with van der Waals surface area (Å²) in [6, 6.07) is 39.1. The fourth-order valence-electron chi connectivity index (χ4n) is 7.85. The van der Waals surface area contributed by atoms with Gasteiger partial charge in [-0.3, -0.25) is 0 Å². The van der Waals surface area contributed by atoms with Crippen LogP contribution in [0.25, 0.3) is 48.5 Å². The van der Waals surface area contributed by atoms with E-state index in [0.29, 0.717) is 11.8 Å². The van der Waals surface area contributed by atoms with Gasteiger partial charge in [0.1, 0.15) is 0 Å². The lowest BCUT2D eigenvalue weighted by atomic mass is 9.92. The van der Waals surface area contributed by atoms with E-state index in [0.717, 1.165) is 12.8 Å². The van der Waals surface area contributed by atoms with Crippen LogP contribution in [0.15, 0.2) is 137 Å². The van der Waals surface area contributed by atoms with Crippen molar-refractivity contribution in [2.24, 2.45) is 5.92 Å². The van der Waals surface area contributed by atoms with Crippen LogP contribution < -0.4 is 4.90 Å². The van der Waals surface area contributed by atoms with Gasteiger partial charge in [-0.05, 0) is 115 Å². The SMILES string of the molecule is CC1C=Cc2sc3cc(N(c4ccc5c(c4)SC4=CC=CCC45)c4ccc5c(ccc6c7ccccc7ccc56)c4)ccc3c2C1. The topological polar surface area (TPSA) is 3.24 Å². The first-order valence-corrected chi connectivity index (χ1v) is 17.9. The Bertz CT molecular complexity index is 2490. The van der Waals surface area contributed by atoms with Crippen molar-refractivity contribution in [1.82, 2.24) is 0 Å². The molecule has 1 nitrogen and oxygen atoms in total. The summed E-state index contributed by atoms with van der Waals surface area (Å²) in [5, 5.41) is 9.17. The van der Waals surface area contributed by atoms with Crippen molar-refractivity contribution in [2.75, 3.05) is 4.90 Å². The second kappa shape index (κ2) is 10.2. The van der Waals surface area contributed by atoms with Gasteiger partial charge in [-0.25, -0.2) is 0 Å². The molecule has 220 valence electrons. The highest BCUT2D eigenvalue weighted by atomic mass is 32.2. The number of thioether (sulfide) groups is 1. The average Bonchev–Trinajstić information content (AvgIpc) is 3.65. The maximum absolute atomic E-state index is 2.47. The van der Waals surface area contributed by atoms with Crippen LogP contribution in [0.4, 0.5) is 17.1 Å². The third-order valence-corrected chi connectivity index (χ3v) is 12.5. The number of thiophene rings is 1. The lowest BCUT2D eigenvalue weighted by molar-refractivity contribution is 0.724. The zero-order valence-corrected chi connectivity index (χ0v) is 27.2. The van der Waals surface area contributed by atoms with Gasteiger partial charge in [0.2, 0.25) is 0 Å². The minimum absolute atomic E-state index is 0.502. The minimum atomic E-state index is 0.502. The van der Waals surface area contributed by atoms with Gasteiger partial charge in [-0.1, -0.05) is 110 Å². The van der Waals surface area contributed by atoms with Gasteiger partial charge in [-0.15, -0.1) is 11.3 Å². The van der Waals surface area contributed by atoms with Crippen molar-refractivity contribution >= 4 is 88.6 Å². The van der Waals surface area contributed by atoms with Crippen molar-refractivity contribution in [3.8, 4) is 0 Å². The van der Waals surface area contributed by atoms with Crippen LogP contribution in [0.3, 0.4) is 0 Å². The second-order valence-electron chi connectivity index (χ2n) is 13.0. The number of hydrogen-bond acceptors (Lipinski definition) is 3. The summed E-state index contributed by atoms with van der Waals surface area (Å²) in [7, 11) is 0. The van der Waals surface area contributed by atoms with Crippen LogP contribution in [0.1, 0.15) is 35.3 Å². The Morgan fingerprint density at radius 2 is 1.43 bits per heavy atom. The molecule has 2 heterocycles. The van der Waals surface area contributed by atoms with Gasteiger partial charge < -0.3 is 4.90 Å². The molecule has 7 aromatic rings. The highest BCUT2D eigenvalue weighted by molar-refractivity contribution is 8.03. The molecule has 1 aromatic heterocycles. The Morgan fingerprint density at radius 3 is 2.35 bits per heavy atom. The van der Waals surface area contributed by atoms with Gasteiger partial charge in [-0.2, -0.15) is 0 Å². The third kappa shape index (κ3) is 4.08. The smallest absolute Gasteiger partial charge is 0.0476 e. The first-order chi connectivity index (χ1) is 22.7. The summed E-state index contributed by atoms with van der Waals surface area (Å²) < 4.78 is 1.36. The van der Waals surface area contributed by atoms with Gasteiger partial charge in [0.15, 0.2) is 0 Å². The summed E-state index contributed by atoms with van der Waals surface area (Å²) in [4.78, 5) is 6.74. The van der Waals surface area contributed by atoms with Gasteiger partial charge in [0.25, 0.3) is 0 Å². The maximum Gasteiger partial charge on any atom is 0.0476 e. The highest BCUT2D eigenvalue weighted by Gasteiger charge is 2.29. The summed E-state index contributed by atoms with van der Waals surface area (Å²) >= 11 is 3.88. The summed E-state index contributed by atoms with van der Waals surface area (Å²) in [5.74, 6) is 1.09. The molecular formula is C43H31NS2. The molecule has 0 fully saturated rings. The summed E-state index contributed by atoms with van der Waals surface area (Å²) in [6.45, 7) is 2.32. The third-order valence-electron chi connectivity index (χ3n) is 10.1. The van der Waals surface area contributed by atoms with Crippen molar-refractivity contribution in [2.45, 2.75) is 30.6 Å². The molecule has 0 radical (unpaired) electrons. The van der Waals surface area contributed by atoms with Crippen LogP contribution in [-0.2, 0) is 6.42 Å². The highest BCUT2D eigenvalue weighted by Crippen LogP contribution is 2.53. The largest absolute Gasteiger partial charge is 0.310 e. The number of nitrogens with zero attached hydrogens (tertiary/aromatic N) is 1. The molecule has 0 bridgehead atoms. The second-order valence-corrected chi connectivity index (χ2v) is 15.2. The Hall–Kier alpha value is -4.57. The van der Waals surface area contributed by atoms with E-state index in [1.165, 1.54) is 85.3 Å². The zero-order chi connectivity index (χ0) is 30.4. The number of rotatable bonds is 3. The predicted octanol–water partition coefficient (Wildman–Crippen LogP) is 13.1. The number of anilines is 3. The van der Waals surface area contributed by atoms with E-state index in [9.17, 15) is 0 Å². The van der Waals surface area contributed by atoms with Crippen LogP contribution in [-0.4, -0.2) is 0 Å². The van der Waals surface area contributed by atoms with E-state index in [2.05, 4.69) is 145 Å². The fourth-order valence-corrected chi connectivity index (χ4v) is 10.3. The van der Waals surface area contributed by atoms with Crippen LogP contribution in [0, 0.1) is 5.92 Å². The van der Waals surface area contributed by atoms with Crippen LogP contribution in [0.2, 0.25) is 0 Å². The molecule has 0 saturated carbocycles. The molecule has 0 amide bonds. The van der Waals surface area contributed by atoms with Crippen molar-refractivity contribution < 1.29 is 0 Å². The molecule has 1 aliphatic heterocycles. The van der Waals surface area contributed by atoms with E-state index >= 15 is 0 Å². The Kier molecular flexibility index (Phi) is 5.92. The molecule has 0 saturated heterocycles. The Morgan fingerprint density at radius 1 is 0.696 bits per heavy atom. The van der Waals surface area contributed by atoms with Crippen LogP contribution in [0.5, 0.6) is 0 Å². The average molecular weight is 626 g/mol.